The number of amides is 1. The van der Waals surface area contributed by atoms with E-state index < -0.39 is 0 Å². The normalized spacial score (nSPS) is 10.3. The quantitative estimate of drug-likeness (QED) is 0.731. The highest BCUT2D eigenvalue weighted by atomic mass is 16.5. The van der Waals surface area contributed by atoms with E-state index in [4.69, 9.17) is 4.74 Å². The van der Waals surface area contributed by atoms with E-state index in [2.05, 4.69) is 12.2 Å². The van der Waals surface area contributed by atoms with Crippen LogP contribution in [0.25, 0.3) is 0 Å². The maximum Gasteiger partial charge on any atom is 0.225 e. The second-order valence-electron chi connectivity index (χ2n) is 4.71. The minimum atomic E-state index is 0.0837. The van der Waals surface area contributed by atoms with Gasteiger partial charge in [-0.05, 0) is 30.7 Å². The molecule has 0 aromatic heterocycles. The van der Waals surface area contributed by atoms with Crippen LogP contribution in [-0.4, -0.2) is 38.1 Å². The Morgan fingerprint density at radius 2 is 1.95 bits per heavy atom. The third-order valence-corrected chi connectivity index (χ3v) is 2.76. The standard InChI is InChI=1S/C15H24N2O2/c1-4-10-16-12-13-5-7-14(8-6-13)19-11-9-15(18)17(2)3/h5-8,16H,4,9-12H2,1-3H3. The lowest BCUT2D eigenvalue weighted by atomic mass is 10.2. The Morgan fingerprint density at radius 3 is 2.53 bits per heavy atom. The highest BCUT2D eigenvalue weighted by molar-refractivity contribution is 5.75. The molecule has 4 heteroatoms. The lowest BCUT2D eigenvalue weighted by molar-refractivity contribution is -0.129. The molecule has 1 N–H and O–H groups in total. The maximum absolute atomic E-state index is 11.4. The molecule has 0 aliphatic heterocycles. The lowest BCUT2D eigenvalue weighted by Gasteiger charge is -2.11. The summed E-state index contributed by atoms with van der Waals surface area (Å²) < 4.78 is 5.54. The van der Waals surface area contributed by atoms with Crippen LogP contribution in [0.3, 0.4) is 0 Å². The van der Waals surface area contributed by atoms with Crippen LogP contribution < -0.4 is 10.1 Å². The van der Waals surface area contributed by atoms with Crippen molar-refractivity contribution in [2.24, 2.45) is 0 Å². The van der Waals surface area contributed by atoms with Gasteiger partial charge in [0.1, 0.15) is 5.75 Å². The zero-order valence-electron chi connectivity index (χ0n) is 12.1. The number of nitrogens with one attached hydrogen (secondary N) is 1. The molecule has 1 aromatic carbocycles. The summed E-state index contributed by atoms with van der Waals surface area (Å²) in [6.07, 6.45) is 1.55. The summed E-state index contributed by atoms with van der Waals surface area (Å²) in [4.78, 5) is 12.9. The summed E-state index contributed by atoms with van der Waals surface area (Å²) in [5, 5.41) is 3.35. The third-order valence-electron chi connectivity index (χ3n) is 2.76. The van der Waals surface area contributed by atoms with Gasteiger partial charge in [0.05, 0.1) is 13.0 Å². The number of carbonyl (C=O) groups is 1. The molecule has 1 amide bonds. The average Bonchev–Trinajstić information content (AvgIpc) is 2.40. The summed E-state index contributed by atoms with van der Waals surface area (Å²) >= 11 is 0. The first kappa shape index (κ1) is 15.5. The second-order valence-corrected chi connectivity index (χ2v) is 4.71. The molecular weight excluding hydrogens is 240 g/mol. The molecule has 0 saturated heterocycles. The van der Waals surface area contributed by atoms with Gasteiger partial charge in [0.15, 0.2) is 0 Å². The third kappa shape index (κ3) is 6.25. The topological polar surface area (TPSA) is 41.6 Å². The molecule has 1 rings (SSSR count). The van der Waals surface area contributed by atoms with Gasteiger partial charge in [-0.1, -0.05) is 19.1 Å². The van der Waals surface area contributed by atoms with E-state index >= 15 is 0 Å². The van der Waals surface area contributed by atoms with Crippen molar-refractivity contribution < 1.29 is 9.53 Å². The van der Waals surface area contributed by atoms with E-state index in [9.17, 15) is 4.79 Å². The van der Waals surface area contributed by atoms with Crippen LogP contribution in [0.4, 0.5) is 0 Å². The molecule has 0 spiro atoms. The van der Waals surface area contributed by atoms with Crippen LogP contribution in [0, 0.1) is 0 Å². The van der Waals surface area contributed by atoms with Crippen molar-refractivity contribution in [3.63, 3.8) is 0 Å². The van der Waals surface area contributed by atoms with E-state index in [0.29, 0.717) is 13.0 Å². The second kappa shape index (κ2) is 8.53. The largest absolute Gasteiger partial charge is 0.493 e. The molecular formula is C15H24N2O2. The van der Waals surface area contributed by atoms with E-state index in [1.807, 2.05) is 24.3 Å². The molecule has 19 heavy (non-hydrogen) atoms. The van der Waals surface area contributed by atoms with Gasteiger partial charge in [-0.2, -0.15) is 0 Å². The van der Waals surface area contributed by atoms with Gasteiger partial charge in [0.2, 0.25) is 5.91 Å². The maximum atomic E-state index is 11.4. The SMILES string of the molecule is CCCNCc1ccc(OCCC(=O)N(C)C)cc1. The summed E-state index contributed by atoms with van der Waals surface area (Å²) in [7, 11) is 3.50. The van der Waals surface area contributed by atoms with E-state index in [-0.39, 0.29) is 5.91 Å². The molecule has 106 valence electrons. The van der Waals surface area contributed by atoms with Crippen LogP contribution in [0.1, 0.15) is 25.3 Å². The summed E-state index contributed by atoms with van der Waals surface area (Å²) in [6, 6.07) is 7.99. The van der Waals surface area contributed by atoms with Crippen molar-refractivity contribution in [1.29, 1.82) is 0 Å². The predicted molar refractivity (Wildman–Crippen MR) is 77.2 cm³/mol. The van der Waals surface area contributed by atoms with Crippen LogP contribution in [-0.2, 0) is 11.3 Å². The summed E-state index contributed by atoms with van der Waals surface area (Å²) in [5.41, 5.74) is 1.24. The van der Waals surface area contributed by atoms with Gasteiger partial charge in [-0.25, -0.2) is 0 Å². The Morgan fingerprint density at radius 1 is 1.26 bits per heavy atom. The van der Waals surface area contributed by atoms with E-state index in [1.165, 1.54) is 5.56 Å². The fourth-order valence-electron chi connectivity index (χ4n) is 1.59. The number of hydrogen-bond acceptors (Lipinski definition) is 3. The molecule has 0 radical (unpaired) electrons. The fraction of sp³-hybridized carbons (Fsp3) is 0.533. The molecule has 0 aliphatic carbocycles. The van der Waals surface area contributed by atoms with Gasteiger partial charge in [-0.3, -0.25) is 4.79 Å². The van der Waals surface area contributed by atoms with Crippen LogP contribution in [0.5, 0.6) is 5.75 Å². The molecule has 1 aromatic rings. The van der Waals surface area contributed by atoms with Crippen LogP contribution in [0.15, 0.2) is 24.3 Å². The zero-order valence-corrected chi connectivity index (χ0v) is 12.1. The number of hydrogen-bond donors (Lipinski definition) is 1. The first-order valence-electron chi connectivity index (χ1n) is 6.76. The van der Waals surface area contributed by atoms with Crippen LogP contribution in [0.2, 0.25) is 0 Å². The number of ether oxygens (including phenoxy) is 1. The van der Waals surface area contributed by atoms with E-state index in [1.54, 1.807) is 19.0 Å². The molecule has 0 aliphatic rings. The first-order valence-corrected chi connectivity index (χ1v) is 6.76. The highest BCUT2D eigenvalue weighted by Gasteiger charge is 2.03. The fourth-order valence-corrected chi connectivity index (χ4v) is 1.59. The highest BCUT2D eigenvalue weighted by Crippen LogP contribution is 2.12. The Labute approximate surface area is 115 Å². The zero-order chi connectivity index (χ0) is 14.1. The Kier molecular flexibility index (Phi) is 6.97. The molecule has 4 nitrogen and oxygen atoms in total. The molecule has 0 bridgehead atoms. The van der Waals surface area contributed by atoms with Crippen molar-refractivity contribution in [3.05, 3.63) is 29.8 Å². The predicted octanol–water partition coefficient (Wildman–Crippen LogP) is 2.04. The van der Waals surface area contributed by atoms with Crippen molar-refractivity contribution in [1.82, 2.24) is 10.2 Å². The number of benzene rings is 1. The Hall–Kier alpha value is -1.55. The van der Waals surface area contributed by atoms with Gasteiger partial charge in [0, 0.05) is 20.6 Å². The minimum absolute atomic E-state index is 0.0837. The van der Waals surface area contributed by atoms with Crippen molar-refractivity contribution in [2.75, 3.05) is 27.2 Å². The Balaban J connectivity index is 2.30. The van der Waals surface area contributed by atoms with Gasteiger partial charge in [0.25, 0.3) is 0 Å². The van der Waals surface area contributed by atoms with Crippen molar-refractivity contribution in [2.45, 2.75) is 26.3 Å². The van der Waals surface area contributed by atoms with Crippen molar-refractivity contribution in [3.8, 4) is 5.75 Å². The minimum Gasteiger partial charge on any atom is -0.493 e. The first-order chi connectivity index (χ1) is 9.13. The average molecular weight is 264 g/mol. The van der Waals surface area contributed by atoms with E-state index in [0.717, 1.165) is 25.3 Å². The summed E-state index contributed by atoms with van der Waals surface area (Å²) in [5.74, 6) is 0.895. The number of carbonyl (C=O) groups excluding carboxylic acids is 1. The smallest absolute Gasteiger partial charge is 0.225 e. The molecule has 0 unspecified atom stereocenters. The molecule has 0 saturated carbocycles. The molecule has 0 fully saturated rings. The molecule has 0 heterocycles. The lowest BCUT2D eigenvalue weighted by Crippen LogP contribution is -2.23. The number of rotatable bonds is 8. The molecule has 0 atom stereocenters. The van der Waals surface area contributed by atoms with Gasteiger partial charge in [-0.15, -0.1) is 0 Å². The number of nitrogens with zero attached hydrogens (tertiary/aromatic N) is 1. The Bertz CT molecular complexity index is 374. The monoisotopic (exact) mass is 264 g/mol. The van der Waals surface area contributed by atoms with Gasteiger partial charge < -0.3 is 15.0 Å². The van der Waals surface area contributed by atoms with Crippen molar-refractivity contribution >= 4 is 5.91 Å². The van der Waals surface area contributed by atoms with Gasteiger partial charge >= 0.3 is 0 Å². The summed E-state index contributed by atoms with van der Waals surface area (Å²) in [6.45, 7) is 4.49. The van der Waals surface area contributed by atoms with Crippen LogP contribution >= 0.6 is 0 Å².